The molecular formula is C12H22N2. The van der Waals surface area contributed by atoms with Crippen molar-refractivity contribution >= 4 is 0 Å². The molecule has 0 aromatic rings. The molecule has 1 aliphatic rings. The number of nitriles is 1. The molecule has 1 unspecified atom stereocenters. The highest BCUT2D eigenvalue weighted by atomic mass is 15.2. The van der Waals surface area contributed by atoms with Crippen LogP contribution in [0, 0.1) is 17.2 Å². The lowest BCUT2D eigenvalue weighted by atomic mass is 9.82. The second-order valence-corrected chi connectivity index (χ2v) is 4.59. The summed E-state index contributed by atoms with van der Waals surface area (Å²) in [5.74, 6) is 0.426. The molecule has 0 bridgehead atoms. The Labute approximate surface area is 87.9 Å². The Balaban J connectivity index is 2.80. The maximum absolute atomic E-state index is 9.41. The third kappa shape index (κ3) is 1.93. The second kappa shape index (κ2) is 4.79. The van der Waals surface area contributed by atoms with Gasteiger partial charge in [-0.1, -0.05) is 27.2 Å². The molecule has 2 nitrogen and oxygen atoms in total. The average Bonchev–Trinajstić information content (AvgIpc) is 2.22. The Hall–Kier alpha value is -0.550. The average molecular weight is 194 g/mol. The van der Waals surface area contributed by atoms with Gasteiger partial charge in [0.2, 0.25) is 0 Å². The maximum Gasteiger partial charge on any atom is 0.111 e. The van der Waals surface area contributed by atoms with E-state index in [-0.39, 0.29) is 5.54 Å². The van der Waals surface area contributed by atoms with Crippen molar-refractivity contribution in [3.05, 3.63) is 0 Å². The summed E-state index contributed by atoms with van der Waals surface area (Å²) in [4.78, 5) is 2.40. The molecule has 2 heteroatoms. The fraction of sp³-hybridized carbons (Fsp3) is 0.917. The van der Waals surface area contributed by atoms with Gasteiger partial charge in [0.25, 0.3) is 0 Å². The van der Waals surface area contributed by atoms with Crippen molar-refractivity contribution in [2.24, 2.45) is 5.92 Å². The monoisotopic (exact) mass is 194 g/mol. The van der Waals surface area contributed by atoms with Gasteiger partial charge in [-0.25, -0.2) is 0 Å². The molecule has 1 atom stereocenters. The van der Waals surface area contributed by atoms with E-state index in [1.54, 1.807) is 0 Å². The van der Waals surface area contributed by atoms with Crippen molar-refractivity contribution in [1.82, 2.24) is 4.90 Å². The Bertz CT molecular complexity index is 211. The molecule has 0 radical (unpaired) electrons. The summed E-state index contributed by atoms with van der Waals surface area (Å²) in [6.45, 7) is 8.69. The van der Waals surface area contributed by atoms with Crippen LogP contribution in [0.5, 0.6) is 0 Å². The van der Waals surface area contributed by atoms with Gasteiger partial charge in [0.1, 0.15) is 5.54 Å². The molecule has 0 spiro atoms. The zero-order chi connectivity index (χ0) is 10.6. The van der Waals surface area contributed by atoms with Crippen LogP contribution in [0.4, 0.5) is 0 Å². The van der Waals surface area contributed by atoms with Crippen molar-refractivity contribution < 1.29 is 0 Å². The van der Waals surface area contributed by atoms with Crippen LogP contribution >= 0.6 is 0 Å². The maximum atomic E-state index is 9.41. The van der Waals surface area contributed by atoms with Crippen LogP contribution in [-0.2, 0) is 0 Å². The molecule has 0 amide bonds. The second-order valence-electron chi connectivity index (χ2n) is 4.59. The quantitative estimate of drug-likeness (QED) is 0.690. The van der Waals surface area contributed by atoms with Gasteiger partial charge in [-0.3, -0.25) is 4.90 Å². The zero-order valence-electron chi connectivity index (χ0n) is 9.71. The summed E-state index contributed by atoms with van der Waals surface area (Å²) in [7, 11) is 0. The zero-order valence-corrected chi connectivity index (χ0v) is 9.71. The van der Waals surface area contributed by atoms with Gasteiger partial charge in [-0.15, -0.1) is 0 Å². The molecule has 0 saturated carbocycles. The predicted molar refractivity (Wildman–Crippen MR) is 58.9 cm³/mol. The molecule has 1 rings (SSSR count). The van der Waals surface area contributed by atoms with Crippen LogP contribution in [-0.4, -0.2) is 23.5 Å². The highest BCUT2D eigenvalue weighted by Gasteiger charge is 2.38. The molecule has 0 N–H and O–H groups in total. The largest absolute Gasteiger partial charge is 0.285 e. The molecule has 1 fully saturated rings. The predicted octanol–water partition coefficient (Wildman–Crippen LogP) is 2.80. The fourth-order valence-corrected chi connectivity index (χ4v) is 2.57. The van der Waals surface area contributed by atoms with E-state index in [2.05, 4.69) is 31.7 Å². The lowest BCUT2D eigenvalue weighted by Crippen LogP contribution is -2.53. The van der Waals surface area contributed by atoms with Gasteiger partial charge in [0, 0.05) is 0 Å². The van der Waals surface area contributed by atoms with Gasteiger partial charge in [-0.05, 0) is 38.3 Å². The fourth-order valence-electron chi connectivity index (χ4n) is 2.57. The first-order valence-corrected chi connectivity index (χ1v) is 5.83. The van der Waals surface area contributed by atoms with Crippen LogP contribution in [0.3, 0.4) is 0 Å². The number of hydrogen-bond acceptors (Lipinski definition) is 2. The number of hydrogen-bond donors (Lipinski definition) is 0. The van der Waals surface area contributed by atoms with Crippen LogP contribution in [0.2, 0.25) is 0 Å². The van der Waals surface area contributed by atoms with E-state index < -0.39 is 0 Å². The van der Waals surface area contributed by atoms with Gasteiger partial charge < -0.3 is 0 Å². The van der Waals surface area contributed by atoms with Crippen molar-refractivity contribution in [2.45, 2.75) is 52.0 Å². The van der Waals surface area contributed by atoms with E-state index in [0.717, 1.165) is 19.5 Å². The van der Waals surface area contributed by atoms with E-state index in [4.69, 9.17) is 0 Å². The summed E-state index contributed by atoms with van der Waals surface area (Å²) in [5.41, 5.74) is -0.208. The molecule has 0 aromatic carbocycles. The molecule has 1 heterocycles. The van der Waals surface area contributed by atoms with Gasteiger partial charge in [0.05, 0.1) is 6.07 Å². The summed E-state index contributed by atoms with van der Waals surface area (Å²) in [5, 5.41) is 9.41. The molecule has 1 aliphatic heterocycles. The first kappa shape index (κ1) is 11.5. The van der Waals surface area contributed by atoms with E-state index in [0.29, 0.717) is 5.92 Å². The van der Waals surface area contributed by atoms with Gasteiger partial charge >= 0.3 is 0 Å². The first-order chi connectivity index (χ1) is 6.67. The van der Waals surface area contributed by atoms with Crippen LogP contribution in [0.1, 0.15) is 46.5 Å². The highest BCUT2D eigenvalue weighted by Crippen LogP contribution is 2.30. The van der Waals surface area contributed by atoms with Crippen LogP contribution < -0.4 is 0 Å². The Morgan fingerprint density at radius 1 is 1.29 bits per heavy atom. The SMILES string of the molecule is CCC(C#N)(C(C)C)N1CCCCC1. The summed E-state index contributed by atoms with van der Waals surface area (Å²) in [6.07, 6.45) is 4.80. The molecule has 0 aliphatic carbocycles. The van der Waals surface area contributed by atoms with Gasteiger partial charge in [-0.2, -0.15) is 5.26 Å². The number of piperidine rings is 1. The minimum atomic E-state index is -0.208. The lowest BCUT2D eigenvalue weighted by Gasteiger charge is -2.43. The molecule has 1 saturated heterocycles. The Morgan fingerprint density at radius 3 is 2.21 bits per heavy atom. The summed E-state index contributed by atoms with van der Waals surface area (Å²) < 4.78 is 0. The Kier molecular flexibility index (Phi) is 3.95. The molecule has 14 heavy (non-hydrogen) atoms. The molecule has 0 aromatic heterocycles. The minimum Gasteiger partial charge on any atom is -0.285 e. The standard InChI is InChI=1S/C12H22N2/c1-4-12(10-13,11(2)3)14-8-6-5-7-9-14/h11H,4-9H2,1-3H3. The minimum absolute atomic E-state index is 0.208. The number of nitrogens with zero attached hydrogens (tertiary/aromatic N) is 2. The third-order valence-electron chi connectivity index (χ3n) is 3.61. The lowest BCUT2D eigenvalue weighted by molar-refractivity contribution is 0.0691. The normalized spacial score (nSPS) is 23.1. The van der Waals surface area contributed by atoms with Crippen molar-refractivity contribution in [3.63, 3.8) is 0 Å². The smallest absolute Gasteiger partial charge is 0.111 e. The van der Waals surface area contributed by atoms with Crippen molar-refractivity contribution in [1.29, 1.82) is 5.26 Å². The van der Waals surface area contributed by atoms with Gasteiger partial charge in [0.15, 0.2) is 0 Å². The van der Waals surface area contributed by atoms with Crippen molar-refractivity contribution in [3.8, 4) is 6.07 Å². The van der Waals surface area contributed by atoms with Crippen LogP contribution in [0.25, 0.3) is 0 Å². The summed E-state index contributed by atoms with van der Waals surface area (Å²) >= 11 is 0. The van der Waals surface area contributed by atoms with E-state index in [1.807, 2.05) is 0 Å². The van der Waals surface area contributed by atoms with E-state index >= 15 is 0 Å². The third-order valence-corrected chi connectivity index (χ3v) is 3.61. The topological polar surface area (TPSA) is 27.0 Å². The van der Waals surface area contributed by atoms with Crippen LogP contribution in [0.15, 0.2) is 0 Å². The van der Waals surface area contributed by atoms with E-state index in [9.17, 15) is 5.26 Å². The molecule has 80 valence electrons. The Morgan fingerprint density at radius 2 is 1.86 bits per heavy atom. The number of rotatable bonds is 3. The number of likely N-dealkylation sites (tertiary alicyclic amines) is 1. The van der Waals surface area contributed by atoms with E-state index in [1.165, 1.54) is 19.3 Å². The summed E-state index contributed by atoms with van der Waals surface area (Å²) in [6, 6.07) is 2.56. The molecular weight excluding hydrogens is 172 g/mol. The first-order valence-electron chi connectivity index (χ1n) is 5.83. The highest BCUT2D eigenvalue weighted by molar-refractivity contribution is 5.10. The van der Waals surface area contributed by atoms with Crippen molar-refractivity contribution in [2.75, 3.05) is 13.1 Å².